The van der Waals surface area contributed by atoms with Crippen molar-refractivity contribution >= 4 is 5.91 Å². The summed E-state index contributed by atoms with van der Waals surface area (Å²) in [5, 5.41) is 4.13. The number of likely N-dealkylation sites (tertiary alicyclic amines) is 1. The Labute approximate surface area is 183 Å². The van der Waals surface area contributed by atoms with Crippen molar-refractivity contribution in [3.8, 4) is 11.5 Å². The van der Waals surface area contributed by atoms with Gasteiger partial charge in [0.15, 0.2) is 11.5 Å². The van der Waals surface area contributed by atoms with Crippen LogP contribution in [0.5, 0.6) is 11.5 Å². The summed E-state index contributed by atoms with van der Waals surface area (Å²) in [7, 11) is 3.51. The number of para-hydroxylation sites is 1. The molecule has 0 unspecified atom stereocenters. The van der Waals surface area contributed by atoms with Crippen molar-refractivity contribution in [3.05, 3.63) is 41.7 Å². The molecule has 0 radical (unpaired) electrons. The van der Waals surface area contributed by atoms with Gasteiger partial charge in [0.2, 0.25) is 0 Å². The van der Waals surface area contributed by atoms with Crippen molar-refractivity contribution in [3.63, 3.8) is 0 Å². The number of nitrogens with zero attached hydrogens (tertiary/aromatic N) is 3. The highest BCUT2D eigenvalue weighted by Gasteiger charge is 2.53. The molecule has 1 aromatic carbocycles. The Bertz CT molecular complexity index is 990. The number of aryl methyl sites for hydroxylation is 1. The van der Waals surface area contributed by atoms with E-state index in [0.29, 0.717) is 5.56 Å². The van der Waals surface area contributed by atoms with Crippen LogP contribution >= 0.6 is 0 Å². The van der Waals surface area contributed by atoms with Crippen LogP contribution in [0, 0.1) is 11.3 Å². The van der Waals surface area contributed by atoms with Gasteiger partial charge in [0.05, 0.1) is 31.6 Å². The van der Waals surface area contributed by atoms with Gasteiger partial charge in [-0.05, 0) is 44.6 Å². The molecule has 1 spiro atoms. The quantitative estimate of drug-likeness (QED) is 0.736. The normalized spacial score (nSPS) is 26.0. The number of hydrogen-bond donors (Lipinski definition) is 0. The minimum atomic E-state index is -0.359. The van der Waals surface area contributed by atoms with Crippen LogP contribution in [0.2, 0.25) is 0 Å². The fourth-order valence-corrected chi connectivity index (χ4v) is 5.54. The van der Waals surface area contributed by atoms with Crippen molar-refractivity contribution in [2.75, 3.05) is 26.8 Å². The lowest BCUT2D eigenvalue weighted by Crippen LogP contribution is -2.54. The molecular formula is C24H31N3O4. The molecule has 2 saturated heterocycles. The number of carbonyl (C=O) groups is 1. The molecule has 1 amide bonds. The minimum absolute atomic E-state index is 0.00882. The second-order valence-corrected chi connectivity index (χ2v) is 9.82. The molecule has 7 nitrogen and oxygen atoms in total. The third-order valence-corrected chi connectivity index (χ3v) is 7.44. The number of hydrogen-bond acceptors (Lipinski definition) is 5. The van der Waals surface area contributed by atoms with Gasteiger partial charge in [0.25, 0.3) is 5.91 Å². The Hall–Kier alpha value is -2.54. The number of aromatic nitrogens is 2. The van der Waals surface area contributed by atoms with E-state index in [1.165, 1.54) is 0 Å². The second-order valence-electron chi connectivity index (χ2n) is 9.82. The summed E-state index contributed by atoms with van der Waals surface area (Å²) in [5.41, 5.74) is 1.47. The van der Waals surface area contributed by atoms with E-state index < -0.39 is 0 Å². The summed E-state index contributed by atoms with van der Waals surface area (Å²) in [4.78, 5) is 14.8. The topological polar surface area (TPSA) is 65.8 Å². The molecule has 166 valence electrons. The van der Waals surface area contributed by atoms with Crippen molar-refractivity contribution in [2.45, 2.75) is 44.8 Å². The molecule has 31 heavy (non-hydrogen) atoms. The summed E-state index contributed by atoms with van der Waals surface area (Å²) in [6, 6.07) is 6.04. The van der Waals surface area contributed by atoms with Crippen LogP contribution in [0.25, 0.3) is 0 Å². The molecule has 2 fully saturated rings. The molecule has 3 aliphatic rings. The number of benzene rings is 1. The molecule has 1 aromatic heterocycles. The highest BCUT2D eigenvalue weighted by molar-refractivity contribution is 5.93. The van der Waals surface area contributed by atoms with E-state index in [1.54, 1.807) is 24.2 Å². The number of fused-ring (bicyclic) bond motifs is 3. The summed E-state index contributed by atoms with van der Waals surface area (Å²) in [6.07, 6.45) is 6.38. The number of rotatable bonds is 2. The van der Waals surface area contributed by atoms with Gasteiger partial charge in [-0.3, -0.25) is 9.48 Å². The molecular weight excluding hydrogens is 394 g/mol. The molecule has 0 aliphatic carbocycles. The van der Waals surface area contributed by atoms with Gasteiger partial charge < -0.3 is 19.1 Å². The Morgan fingerprint density at radius 1 is 1.26 bits per heavy atom. The van der Waals surface area contributed by atoms with Gasteiger partial charge in [-0.25, -0.2) is 0 Å². The van der Waals surface area contributed by atoms with E-state index in [0.717, 1.165) is 56.0 Å². The summed E-state index contributed by atoms with van der Waals surface area (Å²) >= 11 is 0. The number of amides is 1. The molecule has 7 heteroatoms. The van der Waals surface area contributed by atoms with Gasteiger partial charge >= 0.3 is 0 Å². The lowest BCUT2D eigenvalue weighted by atomic mass is 9.64. The molecule has 4 heterocycles. The van der Waals surface area contributed by atoms with E-state index in [2.05, 4.69) is 25.0 Å². The highest BCUT2D eigenvalue weighted by atomic mass is 16.5. The number of carbonyl (C=O) groups excluding carboxylic acids is 1. The van der Waals surface area contributed by atoms with Crippen molar-refractivity contribution in [2.24, 2.45) is 18.4 Å². The van der Waals surface area contributed by atoms with Crippen molar-refractivity contribution in [1.82, 2.24) is 14.7 Å². The minimum Gasteiger partial charge on any atom is -0.493 e. The van der Waals surface area contributed by atoms with Gasteiger partial charge in [-0.15, -0.1) is 0 Å². The number of ether oxygens (including phenoxy) is 3. The second kappa shape index (κ2) is 7.26. The average molecular weight is 426 g/mol. The first-order chi connectivity index (χ1) is 14.8. The SMILES string of the molecule is COc1cccc2c1OC(C)(C)[C@H]1CC3(CCN(C(=O)c4cnn(C)c4)CC3)CO[C@H]21. The van der Waals surface area contributed by atoms with Crippen LogP contribution in [0.3, 0.4) is 0 Å². The van der Waals surface area contributed by atoms with Gasteiger partial charge in [0.1, 0.15) is 5.60 Å². The predicted octanol–water partition coefficient (Wildman–Crippen LogP) is 3.60. The van der Waals surface area contributed by atoms with Crippen LogP contribution in [-0.4, -0.2) is 53.0 Å². The van der Waals surface area contributed by atoms with Gasteiger partial charge in [-0.1, -0.05) is 12.1 Å². The first-order valence-electron chi connectivity index (χ1n) is 11.1. The van der Waals surface area contributed by atoms with Crippen LogP contribution < -0.4 is 9.47 Å². The Morgan fingerprint density at radius 2 is 2.03 bits per heavy atom. The van der Waals surface area contributed by atoms with Gasteiger partial charge in [0, 0.05) is 37.8 Å². The highest BCUT2D eigenvalue weighted by Crippen LogP contribution is 2.57. The molecule has 0 N–H and O–H groups in total. The molecule has 2 aromatic rings. The van der Waals surface area contributed by atoms with Crippen LogP contribution in [0.4, 0.5) is 0 Å². The lowest BCUT2D eigenvalue weighted by molar-refractivity contribution is -0.173. The Kier molecular flexibility index (Phi) is 4.77. The van der Waals surface area contributed by atoms with E-state index in [-0.39, 0.29) is 28.9 Å². The maximum Gasteiger partial charge on any atom is 0.257 e. The fraction of sp³-hybridized carbons (Fsp3) is 0.583. The third-order valence-electron chi connectivity index (χ3n) is 7.44. The molecule has 2 atom stereocenters. The third kappa shape index (κ3) is 3.39. The first kappa shape index (κ1) is 20.4. The zero-order valence-corrected chi connectivity index (χ0v) is 18.8. The molecule has 0 bridgehead atoms. The predicted molar refractivity (Wildman–Crippen MR) is 115 cm³/mol. The maximum atomic E-state index is 12.8. The average Bonchev–Trinajstić information content (AvgIpc) is 3.20. The largest absolute Gasteiger partial charge is 0.493 e. The number of piperidine rings is 1. The zero-order valence-electron chi connectivity index (χ0n) is 18.8. The monoisotopic (exact) mass is 425 g/mol. The first-order valence-corrected chi connectivity index (χ1v) is 11.1. The summed E-state index contributed by atoms with van der Waals surface area (Å²) < 4.78 is 20.3. The smallest absolute Gasteiger partial charge is 0.257 e. The number of methoxy groups -OCH3 is 1. The van der Waals surface area contributed by atoms with Crippen molar-refractivity contribution in [1.29, 1.82) is 0 Å². The molecule has 0 saturated carbocycles. The Morgan fingerprint density at radius 3 is 2.71 bits per heavy atom. The lowest BCUT2D eigenvalue weighted by Gasteiger charge is -2.54. The van der Waals surface area contributed by atoms with E-state index in [1.807, 2.05) is 24.1 Å². The Balaban J connectivity index is 1.33. The summed E-state index contributed by atoms with van der Waals surface area (Å²) in [6.45, 7) is 6.53. The maximum absolute atomic E-state index is 12.8. The molecule has 5 rings (SSSR count). The van der Waals surface area contributed by atoms with Crippen molar-refractivity contribution < 1.29 is 19.0 Å². The summed E-state index contributed by atoms with van der Waals surface area (Å²) in [5.74, 6) is 1.89. The van der Waals surface area contributed by atoms with E-state index >= 15 is 0 Å². The van der Waals surface area contributed by atoms with Crippen LogP contribution in [0.1, 0.15) is 55.1 Å². The fourth-order valence-electron chi connectivity index (χ4n) is 5.54. The van der Waals surface area contributed by atoms with E-state index in [4.69, 9.17) is 14.2 Å². The standard InChI is InChI=1S/C24H31N3O4/c1-23(2)18-12-24(8-10-27(11-9-24)22(28)16-13-25-26(3)14-16)15-30-20(18)17-6-5-7-19(29-4)21(17)31-23/h5-7,13-14,18,20H,8-12,15H2,1-4H3/t18-,20+/m0/s1. The van der Waals surface area contributed by atoms with E-state index in [9.17, 15) is 4.79 Å². The van der Waals surface area contributed by atoms with Crippen LogP contribution in [0.15, 0.2) is 30.6 Å². The molecule has 3 aliphatic heterocycles. The van der Waals surface area contributed by atoms with Crippen LogP contribution in [-0.2, 0) is 11.8 Å². The van der Waals surface area contributed by atoms with Gasteiger partial charge in [-0.2, -0.15) is 5.10 Å². The zero-order chi connectivity index (χ0) is 21.8.